The van der Waals surface area contributed by atoms with Crippen molar-refractivity contribution in [2.75, 3.05) is 12.8 Å². The molecule has 0 saturated carbocycles. The van der Waals surface area contributed by atoms with Crippen molar-refractivity contribution >= 4 is 17.9 Å². The van der Waals surface area contributed by atoms with E-state index in [1.54, 1.807) is 17.8 Å². The van der Waals surface area contributed by atoms with Crippen molar-refractivity contribution in [3.63, 3.8) is 0 Å². The number of thioether (sulfide) groups is 1. The lowest BCUT2D eigenvalue weighted by Crippen LogP contribution is -2.29. The van der Waals surface area contributed by atoms with Gasteiger partial charge >= 0.3 is 6.09 Å². The van der Waals surface area contributed by atoms with Gasteiger partial charge in [0.2, 0.25) is 0 Å². The van der Waals surface area contributed by atoms with Crippen LogP contribution >= 0.6 is 11.8 Å². The predicted octanol–water partition coefficient (Wildman–Crippen LogP) is 3.12. The van der Waals surface area contributed by atoms with Gasteiger partial charge in [-0.3, -0.25) is 0 Å². The van der Waals surface area contributed by atoms with Crippen LogP contribution in [0, 0.1) is 0 Å². The number of benzene rings is 2. The van der Waals surface area contributed by atoms with E-state index >= 15 is 0 Å². The molecule has 0 saturated heterocycles. The van der Waals surface area contributed by atoms with Crippen molar-refractivity contribution < 1.29 is 19.7 Å². The van der Waals surface area contributed by atoms with E-state index in [1.807, 2.05) is 54.8 Å². The highest BCUT2D eigenvalue weighted by molar-refractivity contribution is 7.98. The number of nitrogens with one attached hydrogen (secondary N) is 1. The summed E-state index contributed by atoms with van der Waals surface area (Å²) in [7, 11) is 0. The molecule has 2 rings (SSSR count). The number of rotatable bonds is 8. The lowest BCUT2D eigenvalue weighted by molar-refractivity contribution is 0.0135. The van der Waals surface area contributed by atoms with Gasteiger partial charge in [0.05, 0.1) is 6.10 Å². The molecular formula is C19H23NO4S. The molecule has 0 fully saturated rings. The van der Waals surface area contributed by atoms with Crippen LogP contribution in [0.5, 0.6) is 0 Å². The van der Waals surface area contributed by atoms with Gasteiger partial charge in [0.25, 0.3) is 0 Å². The molecule has 0 radical (unpaired) electrons. The summed E-state index contributed by atoms with van der Waals surface area (Å²) in [5.74, 6) is 0. The third-order valence-electron chi connectivity index (χ3n) is 3.72. The molecule has 25 heavy (non-hydrogen) atoms. The highest BCUT2D eigenvalue weighted by Crippen LogP contribution is 2.23. The predicted molar refractivity (Wildman–Crippen MR) is 98.4 cm³/mol. The Bertz CT molecular complexity index is 665. The molecule has 0 aliphatic rings. The third-order valence-corrected chi connectivity index (χ3v) is 4.45. The largest absolute Gasteiger partial charge is 0.445 e. The van der Waals surface area contributed by atoms with Crippen LogP contribution in [-0.4, -0.2) is 35.2 Å². The number of hydrogen-bond donors (Lipinski definition) is 3. The number of carbonyl (C=O) groups is 1. The fraction of sp³-hybridized carbons (Fsp3) is 0.316. The Hall–Kier alpha value is -2.02. The highest BCUT2D eigenvalue weighted by atomic mass is 32.2. The monoisotopic (exact) mass is 361 g/mol. The van der Waals surface area contributed by atoms with Gasteiger partial charge in [-0.25, -0.2) is 4.79 Å². The average molecular weight is 361 g/mol. The number of aliphatic hydroxyl groups excluding tert-OH is 2. The second-order valence-corrected chi connectivity index (χ2v) is 6.45. The van der Waals surface area contributed by atoms with Crippen LogP contribution < -0.4 is 5.32 Å². The summed E-state index contributed by atoms with van der Waals surface area (Å²) in [6.07, 6.45) is -0.325. The van der Waals surface area contributed by atoms with Gasteiger partial charge in [0, 0.05) is 11.4 Å². The van der Waals surface area contributed by atoms with E-state index < -0.39 is 18.3 Å². The van der Waals surface area contributed by atoms with Crippen molar-refractivity contribution in [1.29, 1.82) is 0 Å². The molecule has 0 aliphatic heterocycles. The Kier molecular flexibility index (Phi) is 7.78. The van der Waals surface area contributed by atoms with E-state index in [2.05, 4.69) is 5.32 Å². The summed E-state index contributed by atoms with van der Waals surface area (Å²) in [6, 6.07) is 16.8. The van der Waals surface area contributed by atoms with E-state index in [-0.39, 0.29) is 19.6 Å². The molecule has 5 nitrogen and oxygen atoms in total. The van der Waals surface area contributed by atoms with Crippen LogP contribution in [0.1, 0.15) is 23.7 Å². The summed E-state index contributed by atoms with van der Waals surface area (Å²) in [6.45, 7) is 0.410. The fourth-order valence-electron chi connectivity index (χ4n) is 2.30. The third kappa shape index (κ3) is 6.42. The van der Waals surface area contributed by atoms with Gasteiger partial charge in [-0.1, -0.05) is 42.5 Å². The lowest BCUT2D eigenvalue weighted by atomic mass is 10.0. The zero-order valence-corrected chi connectivity index (χ0v) is 14.9. The summed E-state index contributed by atoms with van der Waals surface area (Å²) in [5, 5.41) is 22.9. The van der Waals surface area contributed by atoms with E-state index in [9.17, 15) is 15.0 Å². The lowest BCUT2D eigenvalue weighted by Gasteiger charge is -2.19. The molecule has 134 valence electrons. The smallest absolute Gasteiger partial charge is 0.407 e. The standard InChI is InChI=1S/C19H23NO4S/c1-25-16-9-5-8-15(12-16)18(22)17(21)10-11-20-19(23)24-13-14-6-3-2-4-7-14/h2-9,12,17-18,21-22H,10-11,13H2,1H3,(H,20,23). The van der Waals surface area contributed by atoms with Crippen LogP contribution in [0.4, 0.5) is 4.79 Å². The molecule has 2 aromatic carbocycles. The number of carbonyl (C=O) groups excluding carboxylic acids is 1. The molecule has 6 heteroatoms. The maximum atomic E-state index is 11.6. The van der Waals surface area contributed by atoms with Crippen molar-refractivity contribution in [2.45, 2.75) is 30.1 Å². The second kappa shape index (κ2) is 10.1. The van der Waals surface area contributed by atoms with Crippen LogP contribution in [0.15, 0.2) is 59.5 Å². The first kappa shape index (κ1) is 19.3. The average Bonchev–Trinajstić information content (AvgIpc) is 2.66. The van der Waals surface area contributed by atoms with Gasteiger partial charge in [0.15, 0.2) is 0 Å². The SMILES string of the molecule is CSc1cccc(C(O)C(O)CCNC(=O)OCc2ccccc2)c1. The normalized spacial score (nSPS) is 13.1. The van der Waals surface area contributed by atoms with Crippen LogP contribution in [0.3, 0.4) is 0 Å². The quantitative estimate of drug-likeness (QED) is 0.630. The van der Waals surface area contributed by atoms with Gasteiger partial charge in [-0.2, -0.15) is 0 Å². The zero-order chi connectivity index (χ0) is 18.1. The number of ether oxygens (including phenoxy) is 1. The van der Waals surface area contributed by atoms with Crippen molar-refractivity contribution in [1.82, 2.24) is 5.32 Å². The molecule has 0 spiro atoms. The van der Waals surface area contributed by atoms with Crippen LogP contribution in [0.25, 0.3) is 0 Å². The summed E-state index contributed by atoms with van der Waals surface area (Å²) in [4.78, 5) is 12.7. The van der Waals surface area contributed by atoms with Crippen molar-refractivity contribution in [2.24, 2.45) is 0 Å². The maximum Gasteiger partial charge on any atom is 0.407 e. The number of hydrogen-bond acceptors (Lipinski definition) is 5. The number of amides is 1. The Morgan fingerprint density at radius 1 is 1.16 bits per heavy atom. The first-order chi connectivity index (χ1) is 12.1. The van der Waals surface area contributed by atoms with E-state index in [0.717, 1.165) is 10.5 Å². The molecule has 3 N–H and O–H groups in total. The zero-order valence-electron chi connectivity index (χ0n) is 14.1. The maximum absolute atomic E-state index is 11.6. The van der Waals surface area contributed by atoms with Gasteiger partial charge in [-0.15, -0.1) is 11.8 Å². The highest BCUT2D eigenvalue weighted by Gasteiger charge is 2.18. The minimum Gasteiger partial charge on any atom is -0.445 e. The van der Waals surface area contributed by atoms with Crippen molar-refractivity contribution in [3.8, 4) is 0 Å². The van der Waals surface area contributed by atoms with Crippen molar-refractivity contribution in [3.05, 3.63) is 65.7 Å². The number of aliphatic hydroxyl groups is 2. The van der Waals surface area contributed by atoms with E-state index in [4.69, 9.17) is 4.74 Å². The van der Waals surface area contributed by atoms with Crippen LogP contribution in [0.2, 0.25) is 0 Å². The fourth-order valence-corrected chi connectivity index (χ4v) is 2.77. The Labute approximate surface area is 152 Å². The molecular weight excluding hydrogens is 338 g/mol. The molecule has 0 aromatic heterocycles. The first-order valence-electron chi connectivity index (χ1n) is 8.05. The van der Waals surface area contributed by atoms with E-state index in [0.29, 0.717) is 5.56 Å². The Balaban J connectivity index is 1.71. The number of alkyl carbamates (subject to hydrolysis) is 1. The van der Waals surface area contributed by atoms with Gasteiger partial charge < -0.3 is 20.3 Å². The molecule has 0 heterocycles. The topological polar surface area (TPSA) is 78.8 Å². The first-order valence-corrected chi connectivity index (χ1v) is 9.27. The Morgan fingerprint density at radius 2 is 1.92 bits per heavy atom. The van der Waals surface area contributed by atoms with E-state index in [1.165, 1.54) is 0 Å². The summed E-state index contributed by atoms with van der Waals surface area (Å²) < 4.78 is 5.09. The summed E-state index contributed by atoms with van der Waals surface area (Å²) >= 11 is 1.57. The minimum absolute atomic E-state index is 0.194. The molecule has 0 bridgehead atoms. The molecule has 2 unspecified atom stereocenters. The Morgan fingerprint density at radius 3 is 2.64 bits per heavy atom. The van der Waals surface area contributed by atoms with Crippen LogP contribution in [-0.2, 0) is 11.3 Å². The van der Waals surface area contributed by atoms with Gasteiger partial charge in [0.1, 0.15) is 12.7 Å². The molecule has 0 aliphatic carbocycles. The molecule has 1 amide bonds. The molecule has 2 aromatic rings. The summed E-state index contributed by atoms with van der Waals surface area (Å²) in [5.41, 5.74) is 1.56. The van der Waals surface area contributed by atoms with Gasteiger partial charge in [-0.05, 0) is 35.9 Å². The molecule has 2 atom stereocenters. The second-order valence-electron chi connectivity index (χ2n) is 5.57. The minimum atomic E-state index is -0.991.